The van der Waals surface area contributed by atoms with Gasteiger partial charge in [0.1, 0.15) is 0 Å². The molecule has 1 saturated heterocycles. The molecule has 0 saturated carbocycles. The van der Waals surface area contributed by atoms with E-state index >= 15 is 0 Å². The number of carboxylic acid groups (broad SMARTS) is 1. The minimum absolute atomic E-state index is 0.110. The van der Waals surface area contributed by atoms with Gasteiger partial charge in [-0.25, -0.2) is 0 Å². The maximum absolute atomic E-state index is 12.5. The molecular formula is C15H28N2O3. The Bertz CT molecular complexity index is 344. The minimum atomic E-state index is -0.761. The fraction of sp³-hybridized carbons (Fsp3) is 0.867. The summed E-state index contributed by atoms with van der Waals surface area (Å²) < 4.78 is 0. The molecule has 5 nitrogen and oxygen atoms in total. The maximum Gasteiger partial charge on any atom is 0.303 e. The Morgan fingerprint density at radius 3 is 2.50 bits per heavy atom. The molecule has 5 heteroatoms. The largest absolute Gasteiger partial charge is 0.481 e. The third-order valence-corrected chi connectivity index (χ3v) is 4.45. The number of carbonyl (C=O) groups is 2. The molecule has 3 N–H and O–H groups in total. The molecule has 0 aromatic carbocycles. The van der Waals surface area contributed by atoms with Gasteiger partial charge >= 0.3 is 5.97 Å². The predicted octanol–water partition coefficient (Wildman–Crippen LogP) is 1.57. The highest BCUT2D eigenvalue weighted by atomic mass is 16.4. The molecule has 0 bridgehead atoms. The molecule has 3 atom stereocenters. The Balaban J connectivity index is 2.64. The van der Waals surface area contributed by atoms with Crippen LogP contribution in [0.4, 0.5) is 0 Å². The Hall–Kier alpha value is -1.10. The van der Waals surface area contributed by atoms with Gasteiger partial charge in [-0.3, -0.25) is 9.59 Å². The lowest BCUT2D eigenvalue weighted by molar-refractivity contribution is -0.140. The number of amides is 1. The van der Waals surface area contributed by atoms with Gasteiger partial charge in [-0.05, 0) is 30.6 Å². The highest BCUT2D eigenvalue weighted by Gasteiger charge is 2.32. The number of aliphatic carboxylic acids is 1. The second-order valence-corrected chi connectivity index (χ2v) is 6.35. The molecule has 0 spiro atoms. The summed E-state index contributed by atoms with van der Waals surface area (Å²) in [6.07, 6.45) is 2.14. The van der Waals surface area contributed by atoms with Gasteiger partial charge in [0.05, 0.1) is 5.92 Å². The first kappa shape index (κ1) is 17.0. The molecule has 0 aliphatic carbocycles. The summed E-state index contributed by atoms with van der Waals surface area (Å²) in [4.78, 5) is 25.2. The quantitative estimate of drug-likeness (QED) is 0.775. The Kier molecular flexibility index (Phi) is 6.46. The maximum atomic E-state index is 12.5. The van der Waals surface area contributed by atoms with Crippen LogP contribution in [0.3, 0.4) is 0 Å². The van der Waals surface area contributed by atoms with Gasteiger partial charge in [0.15, 0.2) is 0 Å². The van der Waals surface area contributed by atoms with Crippen molar-refractivity contribution in [1.29, 1.82) is 0 Å². The first-order valence-electron chi connectivity index (χ1n) is 7.57. The first-order valence-corrected chi connectivity index (χ1v) is 7.57. The summed E-state index contributed by atoms with van der Waals surface area (Å²) in [6.45, 7) is 7.83. The second kappa shape index (κ2) is 7.62. The van der Waals surface area contributed by atoms with Crippen LogP contribution in [0.5, 0.6) is 0 Å². The van der Waals surface area contributed by atoms with Crippen LogP contribution < -0.4 is 5.73 Å². The third kappa shape index (κ3) is 4.47. The molecule has 3 unspecified atom stereocenters. The van der Waals surface area contributed by atoms with Crippen molar-refractivity contribution in [3.63, 3.8) is 0 Å². The average molecular weight is 284 g/mol. The van der Waals surface area contributed by atoms with Gasteiger partial charge in [-0.15, -0.1) is 0 Å². The number of nitrogens with zero attached hydrogens (tertiary/aromatic N) is 1. The Labute approximate surface area is 121 Å². The van der Waals surface area contributed by atoms with Crippen LogP contribution in [-0.2, 0) is 9.59 Å². The molecule has 1 fully saturated rings. The van der Waals surface area contributed by atoms with Gasteiger partial charge < -0.3 is 15.7 Å². The summed E-state index contributed by atoms with van der Waals surface area (Å²) in [5, 5.41) is 8.89. The molecule has 0 aromatic rings. The van der Waals surface area contributed by atoms with E-state index in [4.69, 9.17) is 10.8 Å². The van der Waals surface area contributed by atoms with Crippen molar-refractivity contribution in [2.24, 2.45) is 29.4 Å². The van der Waals surface area contributed by atoms with Crippen LogP contribution in [0, 0.1) is 23.7 Å². The summed E-state index contributed by atoms with van der Waals surface area (Å²) >= 11 is 0. The van der Waals surface area contributed by atoms with E-state index in [-0.39, 0.29) is 36.0 Å². The SMILES string of the molecule is CC(C)C(CN)C(=O)N1CCCC(C(C)CC(=O)O)C1. The van der Waals surface area contributed by atoms with Crippen LogP contribution >= 0.6 is 0 Å². The van der Waals surface area contributed by atoms with Crippen molar-refractivity contribution in [2.75, 3.05) is 19.6 Å². The fourth-order valence-electron chi connectivity index (χ4n) is 3.01. The van der Waals surface area contributed by atoms with Crippen LogP contribution in [0.1, 0.15) is 40.0 Å². The van der Waals surface area contributed by atoms with Gasteiger partial charge in [0.2, 0.25) is 5.91 Å². The van der Waals surface area contributed by atoms with Crippen molar-refractivity contribution in [3.05, 3.63) is 0 Å². The standard InChI is InChI=1S/C15H28N2O3/c1-10(2)13(8-16)15(20)17-6-4-5-12(9-17)11(3)7-14(18)19/h10-13H,4-9,16H2,1-3H3,(H,18,19). The Morgan fingerprint density at radius 2 is 2.00 bits per heavy atom. The molecule has 116 valence electrons. The number of hydrogen-bond donors (Lipinski definition) is 2. The zero-order chi connectivity index (χ0) is 15.3. The third-order valence-electron chi connectivity index (χ3n) is 4.45. The highest BCUT2D eigenvalue weighted by molar-refractivity contribution is 5.79. The van der Waals surface area contributed by atoms with E-state index in [0.717, 1.165) is 19.4 Å². The number of nitrogens with two attached hydrogens (primary N) is 1. The van der Waals surface area contributed by atoms with Crippen LogP contribution in [0.25, 0.3) is 0 Å². The van der Waals surface area contributed by atoms with E-state index in [0.29, 0.717) is 13.1 Å². The lowest BCUT2D eigenvalue weighted by Gasteiger charge is -2.37. The number of carbonyl (C=O) groups excluding carboxylic acids is 1. The van der Waals surface area contributed by atoms with E-state index in [1.165, 1.54) is 0 Å². The van der Waals surface area contributed by atoms with Crippen molar-refractivity contribution in [2.45, 2.75) is 40.0 Å². The topological polar surface area (TPSA) is 83.6 Å². The van der Waals surface area contributed by atoms with Crippen molar-refractivity contribution >= 4 is 11.9 Å². The molecule has 1 aliphatic rings. The van der Waals surface area contributed by atoms with Gasteiger partial charge in [-0.1, -0.05) is 20.8 Å². The van der Waals surface area contributed by atoms with Crippen molar-refractivity contribution in [1.82, 2.24) is 4.90 Å². The monoisotopic (exact) mass is 284 g/mol. The van der Waals surface area contributed by atoms with Crippen molar-refractivity contribution < 1.29 is 14.7 Å². The number of likely N-dealkylation sites (tertiary alicyclic amines) is 1. The van der Waals surface area contributed by atoms with Crippen LogP contribution in [-0.4, -0.2) is 41.5 Å². The Morgan fingerprint density at radius 1 is 1.35 bits per heavy atom. The van der Waals surface area contributed by atoms with Gasteiger partial charge in [0.25, 0.3) is 0 Å². The zero-order valence-corrected chi connectivity index (χ0v) is 12.8. The summed E-state index contributed by atoms with van der Waals surface area (Å²) in [5.41, 5.74) is 5.72. The molecule has 1 heterocycles. The first-order chi connectivity index (χ1) is 9.36. The number of piperidine rings is 1. The highest BCUT2D eigenvalue weighted by Crippen LogP contribution is 2.27. The van der Waals surface area contributed by atoms with E-state index in [1.807, 2.05) is 25.7 Å². The van der Waals surface area contributed by atoms with E-state index < -0.39 is 5.97 Å². The summed E-state index contributed by atoms with van der Waals surface area (Å²) in [7, 11) is 0. The molecule has 1 rings (SSSR count). The van der Waals surface area contributed by atoms with Crippen molar-refractivity contribution in [3.8, 4) is 0 Å². The lowest BCUT2D eigenvalue weighted by atomic mass is 9.84. The number of carboxylic acids is 1. The van der Waals surface area contributed by atoms with Gasteiger partial charge in [-0.2, -0.15) is 0 Å². The average Bonchev–Trinajstić information content (AvgIpc) is 2.38. The predicted molar refractivity (Wildman–Crippen MR) is 78.1 cm³/mol. The van der Waals surface area contributed by atoms with E-state index in [1.54, 1.807) is 0 Å². The molecular weight excluding hydrogens is 256 g/mol. The normalized spacial score (nSPS) is 22.6. The number of hydrogen-bond acceptors (Lipinski definition) is 3. The van der Waals surface area contributed by atoms with Crippen LogP contribution in [0.2, 0.25) is 0 Å². The lowest BCUT2D eigenvalue weighted by Crippen LogP contribution is -2.47. The minimum Gasteiger partial charge on any atom is -0.481 e. The zero-order valence-electron chi connectivity index (χ0n) is 12.8. The van der Waals surface area contributed by atoms with E-state index in [9.17, 15) is 9.59 Å². The van der Waals surface area contributed by atoms with Gasteiger partial charge in [0, 0.05) is 26.1 Å². The van der Waals surface area contributed by atoms with Crippen LogP contribution in [0.15, 0.2) is 0 Å². The second-order valence-electron chi connectivity index (χ2n) is 6.35. The fourth-order valence-corrected chi connectivity index (χ4v) is 3.01. The molecule has 0 radical (unpaired) electrons. The summed E-state index contributed by atoms with van der Waals surface area (Å²) in [5.74, 6) is -0.113. The molecule has 0 aromatic heterocycles. The smallest absolute Gasteiger partial charge is 0.303 e. The molecule has 1 aliphatic heterocycles. The van der Waals surface area contributed by atoms with E-state index in [2.05, 4.69) is 0 Å². The molecule has 1 amide bonds. The molecule has 20 heavy (non-hydrogen) atoms. The summed E-state index contributed by atoms with van der Waals surface area (Å²) in [6, 6.07) is 0. The number of rotatable bonds is 6.